The minimum absolute atomic E-state index is 0.0298. The molecular weight excluding hydrogens is 252 g/mol. The summed E-state index contributed by atoms with van der Waals surface area (Å²) in [6, 6.07) is 11.3. The van der Waals surface area contributed by atoms with Crippen molar-refractivity contribution >= 4 is 11.5 Å². The van der Waals surface area contributed by atoms with E-state index in [0.717, 1.165) is 11.4 Å². The van der Waals surface area contributed by atoms with Crippen molar-refractivity contribution in [2.24, 2.45) is 0 Å². The molecule has 0 fully saturated rings. The number of pyridine rings is 1. The molecule has 1 aromatic heterocycles. The molecule has 0 spiro atoms. The van der Waals surface area contributed by atoms with Gasteiger partial charge in [-0.2, -0.15) is 0 Å². The third kappa shape index (κ3) is 3.15. The molecule has 0 saturated carbocycles. The Morgan fingerprint density at radius 2 is 2.10 bits per heavy atom. The highest BCUT2D eigenvalue weighted by atomic mass is 16.5. The number of carbonyl (C=O) groups excluding carboxylic acids is 1. The number of ether oxygens (including phenoxy) is 1. The maximum Gasteiger partial charge on any atom is 0.159 e. The second-order valence-corrected chi connectivity index (χ2v) is 4.62. The second-order valence-electron chi connectivity index (χ2n) is 4.62. The Morgan fingerprint density at radius 1 is 1.30 bits per heavy atom. The van der Waals surface area contributed by atoms with Gasteiger partial charge in [0.15, 0.2) is 5.78 Å². The van der Waals surface area contributed by atoms with Gasteiger partial charge in [-0.15, -0.1) is 0 Å². The fourth-order valence-electron chi connectivity index (χ4n) is 2.03. The number of benzene rings is 1. The number of nitrogens with zero attached hydrogens (tertiary/aromatic N) is 2. The fourth-order valence-corrected chi connectivity index (χ4v) is 2.03. The van der Waals surface area contributed by atoms with Crippen molar-refractivity contribution in [1.29, 1.82) is 0 Å². The molecule has 0 radical (unpaired) electrons. The predicted molar refractivity (Wildman–Crippen MR) is 79.3 cm³/mol. The van der Waals surface area contributed by atoms with Crippen LogP contribution in [0, 0.1) is 0 Å². The molecule has 4 heteroatoms. The van der Waals surface area contributed by atoms with E-state index in [-0.39, 0.29) is 5.78 Å². The minimum Gasteiger partial charge on any atom is -0.495 e. The molecule has 104 valence electrons. The number of Topliss-reactive ketones (excluding diaryl/α,β-unsaturated/α-hetero) is 1. The first-order valence-corrected chi connectivity index (χ1v) is 6.42. The minimum atomic E-state index is 0.0298. The van der Waals surface area contributed by atoms with Crippen LogP contribution in [0.3, 0.4) is 0 Å². The van der Waals surface area contributed by atoms with Crippen molar-refractivity contribution in [3.63, 3.8) is 0 Å². The van der Waals surface area contributed by atoms with Crippen molar-refractivity contribution < 1.29 is 9.53 Å². The number of methoxy groups -OCH3 is 1. The molecule has 2 rings (SSSR count). The van der Waals surface area contributed by atoms with Gasteiger partial charge in [0.2, 0.25) is 0 Å². The lowest BCUT2D eigenvalue weighted by atomic mass is 10.1. The summed E-state index contributed by atoms with van der Waals surface area (Å²) in [5.74, 6) is 0.721. The maximum atomic E-state index is 11.4. The molecule has 2 aromatic rings. The van der Waals surface area contributed by atoms with E-state index in [1.165, 1.54) is 0 Å². The molecule has 1 heterocycles. The Balaban J connectivity index is 2.25. The zero-order valence-electron chi connectivity index (χ0n) is 12.0. The molecule has 0 aliphatic carbocycles. The van der Waals surface area contributed by atoms with Gasteiger partial charge in [0.05, 0.1) is 25.0 Å². The van der Waals surface area contributed by atoms with Crippen LogP contribution in [-0.2, 0) is 6.54 Å². The second kappa shape index (κ2) is 6.19. The third-order valence-electron chi connectivity index (χ3n) is 3.12. The van der Waals surface area contributed by atoms with Crippen molar-refractivity contribution in [3.8, 4) is 5.75 Å². The van der Waals surface area contributed by atoms with E-state index in [1.807, 2.05) is 42.3 Å². The van der Waals surface area contributed by atoms with Crippen molar-refractivity contribution in [2.45, 2.75) is 13.5 Å². The highest BCUT2D eigenvalue weighted by Gasteiger charge is 2.11. The zero-order chi connectivity index (χ0) is 14.5. The normalized spacial score (nSPS) is 10.2. The lowest BCUT2D eigenvalue weighted by molar-refractivity contribution is 0.101. The van der Waals surface area contributed by atoms with Gasteiger partial charge in [0.25, 0.3) is 0 Å². The number of carbonyl (C=O) groups is 1. The molecule has 1 aromatic carbocycles. The lowest BCUT2D eigenvalue weighted by Crippen LogP contribution is -2.18. The van der Waals surface area contributed by atoms with Crippen LogP contribution in [0.25, 0.3) is 0 Å². The van der Waals surface area contributed by atoms with Crippen LogP contribution >= 0.6 is 0 Å². The molecule has 0 aliphatic rings. The fraction of sp³-hybridized carbons (Fsp3) is 0.250. The predicted octanol–water partition coefficient (Wildman–Crippen LogP) is 2.93. The number of rotatable bonds is 5. The first-order valence-electron chi connectivity index (χ1n) is 6.42. The van der Waals surface area contributed by atoms with Gasteiger partial charge in [-0.25, -0.2) is 0 Å². The van der Waals surface area contributed by atoms with Gasteiger partial charge in [0.1, 0.15) is 5.75 Å². The molecule has 0 unspecified atom stereocenters. The summed E-state index contributed by atoms with van der Waals surface area (Å²) < 4.78 is 5.38. The number of aromatic nitrogens is 1. The van der Waals surface area contributed by atoms with Crippen LogP contribution in [0.5, 0.6) is 5.75 Å². The molecule has 0 aliphatic heterocycles. The highest BCUT2D eigenvalue weighted by molar-refractivity contribution is 5.95. The SMILES string of the molecule is COc1cc(C(C)=O)ccc1N(C)Cc1ccccn1. The summed E-state index contributed by atoms with van der Waals surface area (Å²) in [5, 5.41) is 0. The topological polar surface area (TPSA) is 42.4 Å². The smallest absolute Gasteiger partial charge is 0.159 e. The Hall–Kier alpha value is -2.36. The average molecular weight is 270 g/mol. The van der Waals surface area contributed by atoms with E-state index >= 15 is 0 Å². The largest absolute Gasteiger partial charge is 0.495 e. The quantitative estimate of drug-likeness (QED) is 0.783. The van der Waals surface area contributed by atoms with Gasteiger partial charge < -0.3 is 9.64 Å². The Bertz CT molecular complexity index is 597. The number of ketones is 1. The van der Waals surface area contributed by atoms with Gasteiger partial charge in [-0.1, -0.05) is 6.07 Å². The summed E-state index contributed by atoms with van der Waals surface area (Å²) in [4.78, 5) is 17.8. The third-order valence-corrected chi connectivity index (χ3v) is 3.12. The first-order chi connectivity index (χ1) is 9.61. The van der Waals surface area contributed by atoms with E-state index in [9.17, 15) is 4.79 Å². The van der Waals surface area contributed by atoms with Crippen LogP contribution in [-0.4, -0.2) is 24.9 Å². The molecule has 20 heavy (non-hydrogen) atoms. The standard InChI is InChI=1S/C16H18N2O2/c1-12(19)13-7-8-15(16(10-13)20-3)18(2)11-14-6-4-5-9-17-14/h4-10H,11H2,1-3H3. The van der Waals surface area contributed by atoms with Crippen LogP contribution in [0.2, 0.25) is 0 Å². The Labute approximate surface area is 119 Å². The van der Waals surface area contributed by atoms with Crippen LogP contribution in [0.1, 0.15) is 23.0 Å². The highest BCUT2D eigenvalue weighted by Crippen LogP contribution is 2.29. The van der Waals surface area contributed by atoms with Crippen LogP contribution in [0.15, 0.2) is 42.6 Å². The number of anilines is 1. The van der Waals surface area contributed by atoms with E-state index in [1.54, 1.807) is 26.3 Å². The summed E-state index contributed by atoms with van der Waals surface area (Å²) >= 11 is 0. The molecule has 0 bridgehead atoms. The summed E-state index contributed by atoms with van der Waals surface area (Å²) in [6.45, 7) is 2.22. The van der Waals surface area contributed by atoms with E-state index < -0.39 is 0 Å². The lowest BCUT2D eigenvalue weighted by Gasteiger charge is -2.21. The van der Waals surface area contributed by atoms with Gasteiger partial charge in [0, 0.05) is 18.8 Å². The molecule has 0 saturated heterocycles. The molecule has 0 amide bonds. The van der Waals surface area contributed by atoms with Gasteiger partial charge in [-0.05, 0) is 37.3 Å². The first kappa shape index (κ1) is 14.1. The zero-order valence-corrected chi connectivity index (χ0v) is 12.0. The Kier molecular flexibility index (Phi) is 4.35. The van der Waals surface area contributed by atoms with E-state index in [2.05, 4.69) is 4.98 Å². The van der Waals surface area contributed by atoms with Crippen molar-refractivity contribution in [3.05, 3.63) is 53.9 Å². The van der Waals surface area contributed by atoms with Crippen molar-refractivity contribution in [2.75, 3.05) is 19.1 Å². The van der Waals surface area contributed by atoms with Gasteiger partial charge >= 0.3 is 0 Å². The number of hydrogen-bond donors (Lipinski definition) is 0. The molecule has 4 nitrogen and oxygen atoms in total. The van der Waals surface area contributed by atoms with E-state index in [0.29, 0.717) is 17.9 Å². The monoisotopic (exact) mass is 270 g/mol. The average Bonchev–Trinajstić information content (AvgIpc) is 2.47. The van der Waals surface area contributed by atoms with Crippen LogP contribution in [0.4, 0.5) is 5.69 Å². The summed E-state index contributed by atoms with van der Waals surface area (Å²) in [5.41, 5.74) is 2.56. The summed E-state index contributed by atoms with van der Waals surface area (Å²) in [6.07, 6.45) is 1.78. The molecule has 0 N–H and O–H groups in total. The maximum absolute atomic E-state index is 11.4. The van der Waals surface area contributed by atoms with Crippen molar-refractivity contribution in [1.82, 2.24) is 4.98 Å². The molecule has 0 atom stereocenters. The van der Waals surface area contributed by atoms with Gasteiger partial charge in [-0.3, -0.25) is 9.78 Å². The van der Waals surface area contributed by atoms with E-state index in [4.69, 9.17) is 4.74 Å². The number of hydrogen-bond acceptors (Lipinski definition) is 4. The molecular formula is C16H18N2O2. The Morgan fingerprint density at radius 3 is 2.70 bits per heavy atom. The van der Waals surface area contributed by atoms with Crippen LogP contribution < -0.4 is 9.64 Å². The summed E-state index contributed by atoms with van der Waals surface area (Å²) in [7, 11) is 3.58.